The number of hydrogen-bond acceptors (Lipinski definition) is 5. The summed E-state index contributed by atoms with van der Waals surface area (Å²) in [5, 5.41) is 6.31. The number of carbonyl (C=O) groups excluding carboxylic acids is 1. The van der Waals surface area contributed by atoms with Crippen LogP contribution < -0.4 is 15.4 Å². The van der Waals surface area contributed by atoms with Crippen molar-refractivity contribution >= 4 is 11.6 Å². The summed E-state index contributed by atoms with van der Waals surface area (Å²) in [7, 11) is 3.24. The number of amides is 1. The highest BCUT2D eigenvalue weighted by atomic mass is 16.5. The van der Waals surface area contributed by atoms with Gasteiger partial charge in [-0.3, -0.25) is 10.1 Å². The van der Waals surface area contributed by atoms with Gasteiger partial charge in [0.25, 0.3) is 0 Å². The van der Waals surface area contributed by atoms with Gasteiger partial charge in [-0.15, -0.1) is 0 Å². The molecule has 2 aromatic rings. The number of anilines is 1. The number of methoxy groups -OCH3 is 2. The fraction of sp³-hybridized carbons (Fsp3) is 0.421. The van der Waals surface area contributed by atoms with Crippen molar-refractivity contribution in [1.82, 2.24) is 5.32 Å². The minimum atomic E-state index is -0.139. The Morgan fingerprint density at radius 3 is 2.56 bits per heavy atom. The predicted molar refractivity (Wildman–Crippen MR) is 96.9 cm³/mol. The van der Waals surface area contributed by atoms with Crippen LogP contribution in [-0.4, -0.2) is 26.7 Å². The summed E-state index contributed by atoms with van der Waals surface area (Å²) in [6.07, 6.45) is 0. The molecular weight excluding hydrogens is 320 g/mol. The van der Waals surface area contributed by atoms with Crippen LogP contribution in [0.25, 0.3) is 0 Å². The van der Waals surface area contributed by atoms with E-state index in [0.29, 0.717) is 18.0 Å². The van der Waals surface area contributed by atoms with Crippen LogP contribution in [0, 0.1) is 6.92 Å². The Hall–Kier alpha value is -2.31. The first-order valence-electron chi connectivity index (χ1n) is 8.21. The topological polar surface area (TPSA) is 72.7 Å². The Labute approximate surface area is 148 Å². The standard InChI is InChI=1S/C19H26N2O4/c1-12-6-8-19(25-12)17(11-23-4)20-13(2)15-7-9-18(24-5)16(10-15)21-14(3)22/h6-10,13,17,20H,11H2,1-5H3,(H,21,22)/t13-,17-/m0/s1. The number of nitrogens with one attached hydrogen (secondary N) is 2. The Morgan fingerprint density at radius 1 is 1.24 bits per heavy atom. The van der Waals surface area contributed by atoms with Gasteiger partial charge >= 0.3 is 0 Å². The molecule has 0 radical (unpaired) electrons. The SMILES string of the molecule is COC[C@H](N[C@@H](C)c1ccc(OC)c(NC(C)=O)c1)c1ccc(C)o1. The van der Waals surface area contributed by atoms with Gasteiger partial charge in [0.1, 0.15) is 17.3 Å². The van der Waals surface area contributed by atoms with Gasteiger partial charge in [0.2, 0.25) is 5.91 Å². The van der Waals surface area contributed by atoms with Crippen molar-refractivity contribution in [1.29, 1.82) is 0 Å². The number of benzene rings is 1. The Balaban J connectivity index is 2.20. The number of furan rings is 1. The Kier molecular flexibility index (Phi) is 6.61. The monoisotopic (exact) mass is 346 g/mol. The second kappa shape index (κ2) is 8.69. The third-order valence-corrected chi connectivity index (χ3v) is 3.92. The molecule has 0 aliphatic rings. The zero-order chi connectivity index (χ0) is 18.4. The van der Waals surface area contributed by atoms with Gasteiger partial charge in [-0.1, -0.05) is 6.07 Å². The van der Waals surface area contributed by atoms with E-state index in [1.165, 1.54) is 6.92 Å². The maximum atomic E-state index is 11.4. The molecule has 0 unspecified atom stereocenters. The smallest absolute Gasteiger partial charge is 0.221 e. The minimum absolute atomic E-state index is 0.0176. The molecule has 6 nitrogen and oxygen atoms in total. The van der Waals surface area contributed by atoms with Gasteiger partial charge in [0.15, 0.2) is 0 Å². The quantitative estimate of drug-likeness (QED) is 0.764. The molecule has 136 valence electrons. The first-order valence-corrected chi connectivity index (χ1v) is 8.21. The van der Waals surface area contributed by atoms with Gasteiger partial charge in [-0.2, -0.15) is 0 Å². The first kappa shape index (κ1) is 19.0. The minimum Gasteiger partial charge on any atom is -0.495 e. The third kappa shape index (κ3) is 5.08. The van der Waals surface area contributed by atoms with E-state index in [0.717, 1.165) is 17.1 Å². The fourth-order valence-corrected chi connectivity index (χ4v) is 2.70. The highest BCUT2D eigenvalue weighted by molar-refractivity contribution is 5.90. The largest absolute Gasteiger partial charge is 0.495 e. The molecule has 1 amide bonds. The lowest BCUT2D eigenvalue weighted by molar-refractivity contribution is -0.114. The molecule has 2 atom stereocenters. The molecule has 25 heavy (non-hydrogen) atoms. The number of rotatable bonds is 8. The second-order valence-electron chi connectivity index (χ2n) is 5.99. The van der Waals surface area contributed by atoms with Crippen molar-refractivity contribution in [2.45, 2.75) is 32.9 Å². The lowest BCUT2D eigenvalue weighted by atomic mass is 10.1. The van der Waals surface area contributed by atoms with Crippen LogP contribution in [-0.2, 0) is 9.53 Å². The maximum absolute atomic E-state index is 11.4. The lowest BCUT2D eigenvalue weighted by Crippen LogP contribution is -2.27. The molecule has 1 aromatic carbocycles. The zero-order valence-corrected chi connectivity index (χ0v) is 15.4. The maximum Gasteiger partial charge on any atom is 0.221 e. The summed E-state index contributed by atoms with van der Waals surface area (Å²) in [4.78, 5) is 11.4. The normalized spacial score (nSPS) is 13.3. The van der Waals surface area contributed by atoms with Crippen LogP contribution in [0.5, 0.6) is 5.75 Å². The summed E-state index contributed by atoms with van der Waals surface area (Å²) in [5.74, 6) is 2.19. The zero-order valence-electron chi connectivity index (χ0n) is 15.4. The summed E-state index contributed by atoms with van der Waals surface area (Å²) in [5.41, 5.74) is 1.67. The summed E-state index contributed by atoms with van der Waals surface area (Å²) in [6, 6.07) is 9.57. The van der Waals surface area contributed by atoms with Gasteiger partial charge < -0.3 is 19.2 Å². The molecule has 2 N–H and O–H groups in total. The third-order valence-electron chi connectivity index (χ3n) is 3.92. The average Bonchev–Trinajstić information content (AvgIpc) is 3.00. The molecule has 1 heterocycles. The summed E-state index contributed by atoms with van der Waals surface area (Å²) in [6.45, 7) is 5.94. The van der Waals surface area contributed by atoms with Crippen molar-refractivity contribution in [2.24, 2.45) is 0 Å². The lowest BCUT2D eigenvalue weighted by Gasteiger charge is -2.22. The highest BCUT2D eigenvalue weighted by Gasteiger charge is 2.19. The first-order chi connectivity index (χ1) is 11.9. The number of hydrogen-bond donors (Lipinski definition) is 2. The van der Waals surface area contributed by atoms with E-state index in [1.54, 1.807) is 14.2 Å². The van der Waals surface area contributed by atoms with Crippen LogP contribution >= 0.6 is 0 Å². The van der Waals surface area contributed by atoms with E-state index in [9.17, 15) is 4.79 Å². The van der Waals surface area contributed by atoms with E-state index in [-0.39, 0.29) is 18.0 Å². The number of aryl methyl sites for hydroxylation is 1. The van der Waals surface area contributed by atoms with Crippen LogP contribution in [0.2, 0.25) is 0 Å². The Bertz CT molecular complexity index is 711. The van der Waals surface area contributed by atoms with Gasteiger partial charge in [0.05, 0.1) is 25.4 Å². The molecule has 6 heteroatoms. The molecule has 0 saturated carbocycles. The molecule has 0 bridgehead atoms. The molecule has 0 spiro atoms. The van der Waals surface area contributed by atoms with Crippen molar-refractivity contribution in [3.8, 4) is 5.75 Å². The molecule has 2 rings (SSSR count). The van der Waals surface area contributed by atoms with Crippen LogP contribution in [0.1, 0.15) is 43.0 Å². The van der Waals surface area contributed by atoms with Crippen LogP contribution in [0.15, 0.2) is 34.7 Å². The molecule has 1 aromatic heterocycles. The molecule has 0 fully saturated rings. The van der Waals surface area contributed by atoms with Crippen LogP contribution in [0.3, 0.4) is 0 Å². The van der Waals surface area contributed by atoms with E-state index in [1.807, 2.05) is 37.3 Å². The average molecular weight is 346 g/mol. The van der Waals surface area contributed by atoms with E-state index < -0.39 is 0 Å². The number of ether oxygens (including phenoxy) is 2. The highest BCUT2D eigenvalue weighted by Crippen LogP contribution is 2.29. The van der Waals surface area contributed by atoms with E-state index >= 15 is 0 Å². The molecule has 0 aliphatic carbocycles. The Morgan fingerprint density at radius 2 is 2.00 bits per heavy atom. The number of carbonyl (C=O) groups is 1. The second-order valence-corrected chi connectivity index (χ2v) is 5.99. The van der Waals surface area contributed by atoms with Gasteiger partial charge in [0, 0.05) is 20.1 Å². The van der Waals surface area contributed by atoms with Crippen molar-refractivity contribution in [3.63, 3.8) is 0 Å². The van der Waals surface area contributed by atoms with Crippen LogP contribution in [0.4, 0.5) is 5.69 Å². The van der Waals surface area contributed by atoms with Gasteiger partial charge in [-0.05, 0) is 43.7 Å². The van der Waals surface area contributed by atoms with Crippen molar-refractivity contribution < 1.29 is 18.7 Å². The molecule has 0 aliphatic heterocycles. The fourth-order valence-electron chi connectivity index (χ4n) is 2.70. The summed E-state index contributed by atoms with van der Waals surface area (Å²) < 4.78 is 16.3. The van der Waals surface area contributed by atoms with E-state index in [2.05, 4.69) is 17.6 Å². The van der Waals surface area contributed by atoms with Crippen molar-refractivity contribution in [2.75, 3.05) is 26.1 Å². The molecule has 0 saturated heterocycles. The van der Waals surface area contributed by atoms with Gasteiger partial charge in [-0.25, -0.2) is 0 Å². The van der Waals surface area contributed by atoms with Crippen molar-refractivity contribution in [3.05, 3.63) is 47.4 Å². The van der Waals surface area contributed by atoms with E-state index in [4.69, 9.17) is 13.9 Å². The summed E-state index contributed by atoms with van der Waals surface area (Å²) >= 11 is 0. The predicted octanol–water partition coefficient (Wildman–Crippen LogP) is 3.59. The molecular formula is C19H26N2O4.